The fourth-order valence-electron chi connectivity index (χ4n) is 2.74. The number of nitrogens with one attached hydrogen (secondary N) is 3. The molecule has 2 atom stereocenters. The van der Waals surface area contributed by atoms with Gasteiger partial charge in [0.2, 0.25) is 0 Å². The van der Waals surface area contributed by atoms with Crippen LogP contribution in [0.2, 0.25) is 10.0 Å². The summed E-state index contributed by atoms with van der Waals surface area (Å²) in [6, 6.07) is 13.1. The lowest BCUT2D eigenvalue weighted by Crippen LogP contribution is -2.38. The Bertz CT molecular complexity index is 928. The summed E-state index contributed by atoms with van der Waals surface area (Å²) in [6.07, 6.45) is 0.479. The van der Waals surface area contributed by atoms with Gasteiger partial charge in [-0.25, -0.2) is 10.9 Å². The summed E-state index contributed by atoms with van der Waals surface area (Å²) in [5.74, 6) is -1.04. The van der Waals surface area contributed by atoms with Crippen LogP contribution in [-0.4, -0.2) is 24.5 Å². The van der Waals surface area contributed by atoms with Crippen molar-refractivity contribution < 1.29 is 14.3 Å². The lowest BCUT2D eigenvalue weighted by molar-refractivity contribution is -0.149. The Hall–Kier alpha value is -2.63. The minimum atomic E-state index is -0.571. The number of halogens is 2. The molecule has 144 valence electrons. The molecule has 28 heavy (non-hydrogen) atoms. The lowest BCUT2D eigenvalue weighted by atomic mass is 10.0. The van der Waals surface area contributed by atoms with E-state index in [1.54, 1.807) is 18.2 Å². The second-order valence-corrected chi connectivity index (χ2v) is 6.99. The first kappa shape index (κ1) is 20.1. The van der Waals surface area contributed by atoms with Crippen molar-refractivity contribution in [1.82, 2.24) is 10.9 Å². The van der Waals surface area contributed by atoms with Crippen molar-refractivity contribution in [3.05, 3.63) is 63.6 Å². The summed E-state index contributed by atoms with van der Waals surface area (Å²) in [7, 11) is 0. The van der Waals surface area contributed by atoms with Crippen LogP contribution in [0.1, 0.15) is 23.6 Å². The van der Waals surface area contributed by atoms with Gasteiger partial charge in [-0.1, -0.05) is 35.3 Å². The van der Waals surface area contributed by atoms with Crippen molar-refractivity contribution in [2.24, 2.45) is 0 Å². The van der Waals surface area contributed by atoms with Crippen LogP contribution in [0.25, 0.3) is 0 Å². The Morgan fingerprint density at radius 3 is 2.61 bits per heavy atom. The molecular formula is C19H16Cl2N4O3. The van der Waals surface area contributed by atoms with Crippen molar-refractivity contribution >= 4 is 40.8 Å². The summed E-state index contributed by atoms with van der Waals surface area (Å²) < 4.78 is 5.08. The number of anilines is 1. The number of rotatable bonds is 5. The van der Waals surface area contributed by atoms with E-state index in [4.69, 9.17) is 33.2 Å². The summed E-state index contributed by atoms with van der Waals surface area (Å²) in [4.78, 5) is 24.2. The molecule has 2 aromatic rings. The first-order valence-electron chi connectivity index (χ1n) is 8.39. The maximum atomic E-state index is 12.2. The van der Waals surface area contributed by atoms with Gasteiger partial charge in [-0.3, -0.25) is 9.59 Å². The van der Waals surface area contributed by atoms with Gasteiger partial charge in [-0.15, -0.1) is 0 Å². The van der Waals surface area contributed by atoms with Gasteiger partial charge in [0.15, 0.2) is 6.61 Å². The highest BCUT2D eigenvalue weighted by atomic mass is 35.5. The molecule has 0 saturated carbocycles. The van der Waals surface area contributed by atoms with Crippen molar-refractivity contribution in [2.75, 3.05) is 11.9 Å². The number of nitrogens with zero attached hydrogens (tertiary/aromatic N) is 1. The molecule has 2 aromatic carbocycles. The molecule has 0 bridgehead atoms. The molecule has 7 nitrogen and oxygen atoms in total. The zero-order chi connectivity index (χ0) is 20.1. The number of esters is 1. The smallest absolute Gasteiger partial charge is 0.325 e. The zero-order valence-electron chi connectivity index (χ0n) is 14.5. The highest BCUT2D eigenvalue weighted by Crippen LogP contribution is 2.24. The van der Waals surface area contributed by atoms with Crippen LogP contribution in [0.15, 0.2) is 42.5 Å². The van der Waals surface area contributed by atoms with E-state index < -0.39 is 24.5 Å². The van der Waals surface area contributed by atoms with E-state index in [1.807, 2.05) is 18.2 Å². The van der Waals surface area contributed by atoms with Crippen LogP contribution >= 0.6 is 23.2 Å². The van der Waals surface area contributed by atoms with E-state index in [9.17, 15) is 9.59 Å². The predicted molar refractivity (Wildman–Crippen MR) is 105 cm³/mol. The average molecular weight is 419 g/mol. The van der Waals surface area contributed by atoms with Crippen LogP contribution in [0.5, 0.6) is 0 Å². The fraction of sp³-hybridized carbons (Fsp3) is 0.211. The molecule has 0 aliphatic carbocycles. The van der Waals surface area contributed by atoms with Gasteiger partial charge in [-0.2, -0.15) is 5.26 Å². The molecule has 1 fully saturated rings. The second-order valence-electron chi connectivity index (χ2n) is 6.14. The van der Waals surface area contributed by atoms with Gasteiger partial charge in [0.25, 0.3) is 5.91 Å². The third-order valence-corrected chi connectivity index (χ3v) is 4.74. The molecule has 1 aliphatic rings. The van der Waals surface area contributed by atoms with E-state index in [0.29, 0.717) is 22.7 Å². The van der Waals surface area contributed by atoms with E-state index >= 15 is 0 Å². The average Bonchev–Trinajstić information content (AvgIpc) is 3.17. The number of amides is 1. The molecule has 3 N–H and O–H groups in total. The number of carbonyl (C=O) groups is 2. The monoisotopic (exact) mass is 418 g/mol. The molecule has 1 saturated heterocycles. The normalized spacial score (nSPS) is 18.3. The van der Waals surface area contributed by atoms with E-state index in [0.717, 1.165) is 5.56 Å². The molecule has 3 rings (SSSR count). The van der Waals surface area contributed by atoms with Crippen molar-refractivity contribution in [1.29, 1.82) is 5.26 Å². The molecule has 2 unspecified atom stereocenters. The third kappa shape index (κ3) is 5.00. The molecule has 0 aromatic heterocycles. The molecule has 0 spiro atoms. The van der Waals surface area contributed by atoms with E-state index in [1.165, 1.54) is 12.1 Å². The third-order valence-electron chi connectivity index (χ3n) is 4.18. The quantitative estimate of drug-likeness (QED) is 0.644. The summed E-state index contributed by atoms with van der Waals surface area (Å²) in [5.41, 5.74) is 7.61. The predicted octanol–water partition coefficient (Wildman–Crippen LogP) is 2.95. The van der Waals surface area contributed by atoms with E-state index in [-0.39, 0.29) is 11.1 Å². The SMILES string of the molecule is N#Cc1ccc(NC(=O)COC(=O)C2CC(c3ccc(Cl)cc3)NN2)cc1Cl. The minimum Gasteiger partial charge on any atom is -0.454 e. The first-order valence-corrected chi connectivity index (χ1v) is 9.14. The van der Waals surface area contributed by atoms with Gasteiger partial charge in [-0.05, 0) is 42.3 Å². The maximum absolute atomic E-state index is 12.2. The number of hydrogen-bond acceptors (Lipinski definition) is 6. The van der Waals surface area contributed by atoms with Crippen LogP contribution < -0.4 is 16.2 Å². The fourth-order valence-corrected chi connectivity index (χ4v) is 3.09. The molecule has 0 radical (unpaired) electrons. The largest absolute Gasteiger partial charge is 0.454 e. The second kappa shape index (κ2) is 9.04. The number of nitriles is 1. The summed E-state index contributed by atoms with van der Waals surface area (Å²) in [5, 5.41) is 12.3. The standard InChI is InChI=1S/C19H16Cl2N4O3/c20-13-4-1-11(2-5-13)16-8-17(25-24-16)19(27)28-10-18(26)23-14-6-3-12(9-22)15(21)7-14/h1-7,16-17,24-25H,8,10H2,(H,23,26). The van der Waals surface area contributed by atoms with Crippen molar-refractivity contribution in [2.45, 2.75) is 18.5 Å². The van der Waals surface area contributed by atoms with Crippen LogP contribution in [0.4, 0.5) is 5.69 Å². The Labute approximate surface area is 171 Å². The Kier molecular flexibility index (Phi) is 6.49. The minimum absolute atomic E-state index is 0.0653. The number of hydrazine groups is 1. The number of ether oxygens (including phenoxy) is 1. The Balaban J connectivity index is 1.47. The number of benzene rings is 2. The molecule has 9 heteroatoms. The number of carbonyl (C=O) groups excluding carboxylic acids is 2. The van der Waals surface area contributed by atoms with Crippen molar-refractivity contribution in [3.8, 4) is 6.07 Å². The van der Waals surface area contributed by atoms with Gasteiger partial charge in [0.1, 0.15) is 12.1 Å². The van der Waals surface area contributed by atoms with Gasteiger partial charge >= 0.3 is 5.97 Å². The summed E-state index contributed by atoms with van der Waals surface area (Å²) >= 11 is 11.8. The molecule has 1 aliphatic heterocycles. The van der Waals surface area contributed by atoms with Gasteiger partial charge in [0.05, 0.1) is 10.6 Å². The lowest BCUT2D eigenvalue weighted by Gasteiger charge is -2.11. The highest BCUT2D eigenvalue weighted by Gasteiger charge is 2.31. The van der Waals surface area contributed by atoms with E-state index in [2.05, 4.69) is 16.2 Å². The van der Waals surface area contributed by atoms with Crippen LogP contribution in [0, 0.1) is 11.3 Å². The first-order chi connectivity index (χ1) is 13.5. The zero-order valence-corrected chi connectivity index (χ0v) is 16.1. The van der Waals surface area contributed by atoms with Crippen LogP contribution in [-0.2, 0) is 14.3 Å². The maximum Gasteiger partial charge on any atom is 0.325 e. The summed E-state index contributed by atoms with van der Waals surface area (Å²) in [6.45, 7) is -0.430. The highest BCUT2D eigenvalue weighted by molar-refractivity contribution is 6.32. The molecule has 1 amide bonds. The topological polar surface area (TPSA) is 103 Å². The molecular weight excluding hydrogens is 403 g/mol. The van der Waals surface area contributed by atoms with Gasteiger partial charge in [0, 0.05) is 16.8 Å². The Morgan fingerprint density at radius 1 is 1.18 bits per heavy atom. The van der Waals surface area contributed by atoms with Crippen LogP contribution in [0.3, 0.4) is 0 Å². The van der Waals surface area contributed by atoms with Crippen molar-refractivity contribution in [3.63, 3.8) is 0 Å². The number of hydrogen-bond donors (Lipinski definition) is 3. The molecule has 1 heterocycles. The Morgan fingerprint density at radius 2 is 1.93 bits per heavy atom. The van der Waals surface area contributed by atoms with Gasteiger partial charge < -0.3 is 10.1 Å².